The van der Waals surface area contributed by atoms with Gasteiger partial charge in [-0.25, -0.2) is 12.8 Å². The molecule has 0 spiro atoms. The van der Waals surface area contributed by atoms with Crippen molar-refractivity contribution >= 4 is 55.1 Å². The van der Waals surface area contributed by atoms with Crippen molar-refractivity contribution in [2.45, 2.75) is 55.6 Å². The Hall–Kier alpha value is -3.73. The maximum Gasteiger partial charge on any atom is 0.264 e. The fraction of sp³-hybridized carbons (Fsp3) is 0.257. The van der Waals surface area contributed by atoms with E-state index in [1.165, 1.54) is 29.2 Å². The van der Waals surface area contributed by atoms with Gasteiger partial charge in [-0.1, -0.05) is 101 Å². The predicted molar refractivity (Wildman–Crippen MR) is 181 cm³/mol. The van der Waals surface area contributed by atoms with Crippen molar-refractivity contribution < 1.29 is 22.4 Å². The second-order valence-corrected chi connectivity index (χ2v) is 14.5. The highest BCUT2D eigenvalue weighted by molar-refractivity contribution is 9.10. The van der Waals surface area contributed by atoms with Crippen molar-refractivity contribution in [1.82, 2.24) is 10.2 Å². The predicted octanol–water partition coefficient (Wildman–Crippen LogP) is 7.14. The van der Waals surface area contributed by atoms with E-state index in [4.69, 9.17) is 11.6 Å². The number of carbonyl (C=O) groups is 2. The zero-order chi connectivity index (χ0) is 32.7. The number of halogens is 3. The number of anilines is 1. The van der Waals surface area contributed by atoms with E-state index in [9.17, 15) is 22.4 Å². The van der Waals surface area contributed by atoms with Crippen LogP contribution in [0, 0.1) is 5.82 Å². The van der Waals surface area contributed by atoms with Gasteiger partial charge in [-0.3, -0.25) is 13.9 Å². The molecule has 240 valence electrons. The lowest BCUT2D eigenvalue weighted by Gasteiger charge is -2.34. The first-order valence-corrected chi connectivity index (χ1v) is 17.6. The van der Waals surface area contributed by atoms with Crippen LogP contribution in [-0.4, -0.2) is 43.8 Å². The average molecular weight is 727 g/mol. The quantitative estimate of drug-likeness (QED) is 0.168. The van der Waals surface area contributed by atoms with Gasteiger partial charge in [0.1, 0.15) is 18.4 Å². The van der Waals surface area contributed by atoms with E-state index >= 15 is 0 Å². The number of nitrogens with zero attached hydrogens (tertiary/aromatic N) is 2. The lowest BCUT2D eigenvalue weighted by Crippen LogP contribution is -2.54. The summed E-state index contributed by atoms with van der Waals surface area (Å²) in [6, 6.07) is 27.0. The minimum Gasteiger partial charge on any atom is -0.352 e. The van der Waals surface area contributed by atoms with Crippen LogP contribution in [-0.2, 0) is 32.6 Å². The van der Waals surface area contributed by atoms with Gasteiger partial charge in [0, 0.05) is 23.5 Å². The molecule has 0 aliphatic heterocycles. The highest BCUT2D eigenvalue weighted by Gasteiger charge is 2.35. The van der Waals surface area contributed by atoms with Crippen LogP contribution >= 0.6 is 27.5 Å². The third-order valence-electron chi connectivity index (χ3n) is 8.02. The van der Waals surface area contributed by atoms with Gasteiger partial charge in [-0.2, -0.15) is 0 Å². The number of nitrogens with one attached hydrogen (secondary N) is 1. The summed E-state index contributed by atoms with van der Waals surface area (Å²) in [5, 5.41) is 2.86. The molecule has 1 aliphatic carbocycles. The van der Waals surface area contributed by atoms with Crippen LogP contribution in [0.15, 0.2) is 112 Å². The Morgan fingerprint density at radius 2 is 1.54 bits per heavy atom. The molecule has 0 bridgehead atoms. The third-order valence-corrected chi connectivity index (χ3v) is 10.6. The van der Waals surface area contributed by atoms with Gasteiger partial charge < -0.3 is 10.2 Å². The molecule has 5 rings (SSSR count). The Kier molecular flexibility index (Phi) is 11.1. The number of amides is 2. The maximum absolute atomic E-state index is 14.5. The van der Waals surface area contributed by atoms with Gasteiger partial charge in [0.25, 0.3) is 10.0 Å². The van der Waals surface area contributed by atoms with E-state index in [1.807, 2.05) is 54.6 Å². The number of benzene rings is 4. The van der Waals surface area contributed by atoms with Crippen LogP contribution < -0.4 is 9.62 Å². The van der Waals surface area contributed by atoms with Gasteiger partial charge >= 0.3 is 0 Å². The second kappa shape index (κ2) is 15.2. The monoisotopic (exact) mass is 725 g/mol. The van der Waals surface area contributed by atoms with Crippen molar-refractivity contribution in [2.24, 2.45) is 0 Å². The van der Waals surface area contributed by atoms with E-state index in [0.29, 0.717) is 0 Å². The van der Waals surface area contributed by atoms with Crippen LogP contribution in [0.5, 0.6) is 0 Å². The molecule has 0 aromatic heterocycles. The van der Waals surface area contributed by atoms with Crippen LogP contribution in [0.3, 0.4) is 0 Å². The fourth-order valence-corrected chi connectivity index (χ4v) is 7.69. The van der Waals surface area contributed by atoms with Crippen molar-refractivity contribution in [3.63, 3.8) is 0 Å². The largest absolute Gasteiger partial charge is 0.352 e. The van der Waals surface area contributed by atoms with E-state index in [0.717, 1.165) is 51.7 Å². The summed E-state index contributed by atoms with van der Waals surface area (Å²) in [4.78, 5) is 30.0. The van der Waals surface area contributed by atoms with Crippen LogP contribution in [0.1, 0.15) is 36.8 Å². The van der Waals surface area contributed by atoms with Crippen molar-refractivity contribution in [2.75, 3.05) is 10.8 Å². The molecular weight excluding hydrogens is 693 g/mol. The number of hydrogen-bond acceptors (Lipinski definition) is 4. The fourth-order valence-electron chi connectivity index (χ4n) is 5.64. The van der Waals surface area contributed by atoms with E-state index in [1.54, 1.807) is 18.2 Å². The first kappa shape index (κ1) is 33.6. The van der Waals surface area contributed by atoms with Crippen LogP contribution in [0.2, 0.25) is 5.02 Å². The summed E-state index contributed by atoms with van der Waals surface area (Å²) in [5.41, 5.74) is 1.61. The van der Waals surface area contributed by atoms with Gasteiger partial charge in [-0.15, -0.1) is 0 Å². The topological polar surface area (TPSA) is 86.8 Å². The number of hydrogen-bond donors (Lipinski definition) is 1. The Morgan fingerprint density at radius 1 is 0.891 bits per heavy atom. The highest BCUT2D eigenvalue weighted by atomic mass is 79.9. The SMILES string of the molecule is O=C(NC1CCCC1)[C@@H](Cc1ccccc1)N(Cc1cccc(Br)c1)C(=O)CN(c1ccc(F)c(Cl)c1)S(=O)(=O)c1ccccc1. The average Bonchev–Trinajstić information content (AvgIpc) is 3.56. The van der Waals surface area contributed by atoms with Crippen molar-refractivity contribution in [3.8, 4) is 0 Å². The van der Waals surface area contributed by atoms with Gasteiger partial charge in [0.2, 0.25) is 11.8 Å². The number of rotatable bonds is 12. The second-order valence-electron chi connectivity index (χ2n) is 11.3. The molecule has 11 heteroatoms. The van der Waals surface area contributed by atoms with Crippen LogP contribution in [0.4, 0.5) is 10.1 Å². The van der Waals surface area contributed by atoms with E-state index in [-0.39, 0.29) is 40.5 Å². The maximum atomic E-state index is 14.5. The zero-order valence-electron chi connectivity index (χ0n) is 25.0. The summed E-state index contributed by atoms with van der Waals surface area (Å²) in [5.74, 6) is -1.64. The lowest BCUT2D eigenvalue weighted by molar-refractivity contribution is -0.140. The van der Waals surface area contributed by atoms with Crippen LogP contribution in [0.25, 0.3) is 0 Å². The lowest BCUT2D eigenvalue weighted by atomic mass is 10.0. The molecule has 4 aromatic carbocycles. The zero-order valence-corrected chi connectivity index (χ0v) is 28.1. The molecule has 2 amide bonds. The summed E-state index contributed by atoms with van der Waals surface area (Å²) in [6.45, 7) is -0.619. The summed E-state index contributed by atoms with van der Waals surface area (Å²) < 4.78 is 44.0. The molecule has 0 unspecified atom stereocenters. The minimum atomic E-state index is -4.32. The molecule has 0 saturated heterocycles. The molecule has 46 heavy (non-hydrogen) atoms. The molecule has 0 heterocycles. The van der Waals surface area contributed by atoms with Gasteiger partial charge in [0.05, 0.1) is 15.6 Å². The Bertz CT molecular complexity index is 1770. The molecule has 1 saturated carbocycles. The molecule has 1 fully saturated rings. The molecule has 7 nitrogen and oxygen atoms in total. The van der Waals surface area contributed by atoms with E-state index in [2.05, 4.69) is 21.2 Å². The summed E-state index contributed by atoms with van der Waals surface area (Å²) in [7, 11) is -4.32. The standard InChI is InChI=1S/C35H34BrClFN3O4S/c36-27-13-9-12-26(20-27)23-40(33(21-25-10-3-1-4-11-25)35(43)39-28-14-7-8-15-28)34(42)24-41(29-18-19-32(38)31(37)22-29)46(44,45)30-16-5-2-6-17-30/h1-6,9-13,16-20,22,28,33H,7-8,14-15,21,23-24H2,(H,39,43)/t33-/m1/s1. The summed E-state index contributed by atoms with van der Waals surface area (Å²) >= 11 is 9.58. The van der Waals surface area contributed by atoms with Crippen molar-refractivity contribution in [1.29, 1.82) is 0 Å². The van der Waals surface area contributed by atoms with Gasteiger partial charge in [-0.05, 0) is 66.4 Å². The molecule has 1 atom stereocenters. The molecular formula is C35H34BrClFN3O4S. The molecule has 1 aliphatic rings. The molecule has 1 N–H and O–H groups in total. The minimum absolute atomic E-state index is 0.00455. The normalized spacial score (nSPS) is 14.1. The Labute approximate surface area is 282 Å². The Morgan fingerprint density at radius 3 is 2.20 bits per heavy atom. The summed E-state index contributed by atoms with van der Waals surface area (Å²) in [6.07, 6.45) is 3.96. The highest BCUT2D eigenvalue weighted by Crippen LogP contribution is 2.29. The smallest absolute Gasteiger partial charge is 0.264 e. The van der Waals surface area contributed by atoms with E-state index < -0.39 is 34.3 Å². The van der Waals surface area contributed by atoms with Gasteiger partial charge in [0.15, 0.2) is 0 Å². The first-order chi connectivity index (χ1) is 22.1. The first-order valence-electron chi connectivity index (χ1n) is 15.0. The Balaban J connectivity index is 1.57. The van der Waals surface area contributed by atoms with Crippen molar-refractivity contribution in [3.05, 3.63) is 130 Å². The third kappa shape index (κ3) is 8.34. The number of sulfonamides is 1. The number of carbonyl (C=O) groups excluding carboxylic acids is 2. The molecule has 0 radical (unpaired) electrons. The molecule has 4 aromatic rings.